The lowest BCUT2D eigenvalue weighted by molar-refractivity contribution is -0.135. The third-order valence-corrected chi connectivity index (χ3v) is 6.79. The SMILES string of the molecule is NC1CCN(C(=O)CCN2CCN(c3ccnc(C(=O)NC4CCC(=O)NC4=O)c3)CC2)CC1. The van der Waals surface area contributed by atoms with E-state index < -0.39 is 17.9 Å². The number of imide groups is 1. The van der Waals surface area contributed by atoms with Crippen LogP contribution in [0.1, 0.15) is 42.6 Å². The van der Waals surface area contributed by atoms with Crippen LogP contribution in [-0.4, -0.2) is 96.3 Å². The molecule has 0 aromatic carbocycles. The molecule has 4 amide bonds. The molecule has 3 fully saturated rings. The zero-order valence-electron chi connectivity index (χ0n) is 19.4. The Morgan fingerprint density at radius 1 is 1.09 bits per heavy atom. The number of piperidine rings is 2. The van der Waals surface area contributed by atoms with Crippen molar-refractivity contribution in [3.63, 3.8) is 0 Å². The fourth-order valence-corrected chi connectivity index (χ4v) is 4.59. The van der Waals surface area contributed by atoms with Gasteiger partial charge < -0.3 is 20.9 Å². The molecule has 184 valence electrons. The van der Waals surface area contributed by atoms with Crippen LogP contribution in [0, 0.1) is 0 Å². The molecule has 0 bridgehead atoms. The van der Waals surface area contributed by atoms with Gasteiger partial charge >= 0.3 is 0 Å². The van der Waals surface area contributed by atoms with Crippen molar-refractivity contribution >= 4 is 29.3 Å². The van der Waals surface area contributed by atoms with Gasteiger partial charge in [-0.3, -0.25) is 34.4 Å². The summed E-state index contributed by atoms with van der Waals surface area (Å²) in [6.07, 6.45) is 4.35. The number of likely N-dealkylation sites (tertiary alicyclic amines) is 1. The number of nitrogens with zero attached hydrogens (tertiary/aromatic N) is 4. The zero-order chi connectivity index (χ0) is 24.1. The van der Waals surface area contributed by atoms with E-state index in [4.69, 9.17) is 5.73 Å². The van der Waals surface area contributed by atoms with Gasteiger partial charge in [-0.05, 0) is 31.4 Å². The van der Waals surface area contributed by atoms with Gasteiger partial charge in [0, 0.05) is 76.6 Å². The normalized spacial score (nSPS) is 22.4. The molecule has 11 nitrogen and oxygen atoms in total. The number of aromatic nitrogens is 1. The topological polar surface area (TPSA) is 141 Å². The van der Waals surface area contributed by atoms with Crippen molar-refractivity contribution in [1.29, 1.82) is 0 Å². The van der Waals surface area contributed by atoms with Crippen molar-refractivity contribution in [3.05, 3.63) is 24.0 Å². The molecule has 4 heterocycles. The van der Waals surface area contributed by atoms with Gasteiger partial charge in [0.2, 0.25) is 17.7 Å². The number of anilines is 1. The Kier molecular flexibility index (Phi) is 7.73. The summed E-state index contributed by atoms with van der Waals surface area (Å²) >= 11 is 0. The van der Waals surface area contributed by atoms with Crippen molar-refractivity contribution < 1.29 is 19.2 Å². The fourth-order valence-electron chi connectivity index (χ4n) is 4.59. The Hall–Kier alpha value is -3.05. The Labute approximate surface area is 199 Å². The van der Waals surface area contributed by atoms with E-state index in [0.29, 0.717) is 6.42 Å². The van der Waals surface area contributed by atoms with Crippen LogP contribution in [0.2, 0.25) is 0 Å². The number of pyridine rings is 1. The first-order valence-electron chi connectivity index (χ1n) is 12.0. The lowest BCUT2D eigenvalue weighted by Gasteiger charge is -2.36. The molecule has 1 atom stereocenters. The second kappa shape index (κ2) is 10.9. The monoisotopic (exact) mass is 471 g/mol. The van der Waals surface area contributed by atoms with Crippen molar-refractivity contribution in [1.82, 2.24) is 25.4 Å². The predicted molar refractivity (Wildman–Crippen MR) is 125 cm³/mol. The standard InChI is InChI=1S/C23H33N7O4/c24-16-4-9-30(10-5-16)21(32)6-8-28-11-13-29(14-12-28)17-3-7-25-19(15-17)23(34)26-18-1-2-20(31)27-22(18)33/h3,7,15-16,18H,1-2,4-6,8-14,24H2,(H,26,34)(H,27,31,33). The molecule has 1 unspecified atom stereocenters. The predicted octanol–water partition coefficient (Wildman–Crippen LogP) is -0.922. The third kappa shape index (κ3) is 6.09. The largest absolute Gasteiger partial charge is 0.369 e. The minimum atomic E-state index is -0.733. The second-order valence-corrected chi connectivity index (χ2v) is 9.17. The number of amides is 4. The van der Waals surface area contributed by atoms with Gasteiger partial charge in [-0.15, -0.1) is 0 Å². The number of carbonyl (C=O) groups is 4. The van der Waals surface area contributed by atoms with E-state index in [2.05, 4.69) is 25.4 Å². The number of carbonyl (C=O) groups excluding carboxylic acids is 4. The molecule has 3 aliphatic heterocycles. The summed E-state index contributed by atoms with van der Waals surface area (Å²) in [5.41, 5.74) is 7.05. The highest BCUT2D eigenvalue weighted by Crippen LogP contribution is 2.18. The smallest absolute Gasteiger partial charge is 0.270 e. The number of hydrogen-bond donors (Lipinski definition) is 3. The minimum absolute atomic E-state index is 0.201. The molecule has 4 N–H and O–H groups in total. The van der Waals surface area contributed by atoms with E-state index in [1.807, 2.05) is 11.0 Å². The van der Waals surface area contributed by atoms with Crippen LogP contribution < -0.4 is 21.3 Å². The molecule has 0 radical (unpaired) electrons. The molecule has 3 aliphatic rings. The second-order valence-electron chi connectivity index (χ2n) is 9.17. The number of rotatable bonds is 6. The molecular weight excluding hydrogens is 438 g/mol. The molecule has 0 aliphatic carbocycles. The van der Waals surface area contributed by atoms with E-state index >= 15 is 0 Å². The highest BCUT2D eigenvalue weighted by molar-refractivity contribution is 6.03. The van der Waals surface area contributed by atoms with Gasteiger partial charge in [0.25, 0.3) is 5.91 Å². The number of nitrogens with one attached hydrogen (secondary N) is 2. The maximum absolute atomic E-state index is 12.6. The highest BCUT2D eigenvalue weighted by atomic mass is 16.2. The summed E-state index contributed by atoms with van der Waals surface area (Å²) in [6, 6.07) is 3.07. The average molecular weight is 472 g/mol. The molecule has 3 saturated heterocycles. The van der Waals surface area contributed by atoms with Gasteiger partial charge in [-0.25, -0.2) is 0 Å². The fraction of sp³-hybridized carbons (Fsp3) is 0.609. The summed E-state index contributed by atoms with van der Waals surface area (Å²) in [5, 5.41) is 4.90. The van der Waals surface area contributed by atoms with Crippen LogP contribution in [-0.2, 0) is 14.4 Å². The maximum atomic E-state index is 12.6. The molecule has 4 rings (SSSR count). The third-order valence-electron chi connectivity index (χ3n) is 6.79. The zero-order valence-corrected chi connectivity index (χ0v) is 19.4. The summed E-state index contributed by atoms with van der Waals surface area (Å²) in [7, 11) is 0. The van der Waals surface area contributed by atoms with E-state index in [1.165, 1.54) is 0 Å². The molecule has 11 heteroatoms. The van der Waals surface area contributed by atoms with Crippen molar-refractivity contribution in [2.75, 3.05) is 50.7 Å². The molecule has 0 saturated carbocycles. The van der Waals surface area contributed by atoms with Crippen LogP contribution in [0.25, 0.3) is 0 Å². The quantitative estimate of drug-likeness (QED) is 0.453. The average Bonchev–Trinajstić information content (AvgIpc) is 2.85. The Balaban J connectivity index is 1.24. The van der Waals surface area contributed by atoms with Gasteiger partial charge in [-0.2, -0.15) is 0 Å². The van der Waals surface area contributed by atoms with Crippen LogP contribution in [0.3, 0.4) is 0 Å². The van der Waals surface area contributed by atoms with Crippen molar-refractivity contribution in [2.24, 2.45) is 5.73 Å². The van der Waals surface area contributed by atoms with Gasteiger partial charge in [-0.1, -0.05) is 0 Å². The van der Waals surface area contributed by atoms with Crippen LogP contribution in [0.4, 0.5) is 5.69 Å². The van der Waals surface area contributed by atoms with Crippen LogP contribution >= 0.6 is 0 Å². The Bertz CT molecular complexity index is 924. The molecular formula is C23H33N7O4. The van der Waals surface area contributed by atoms with E-state index in [-0.39, 0.29) is 36.4 Å². The molecule has 34 heavy (non-hydrogen) atoms. The summed E-state index contributed by atoms with van der Waals surface area (Å²) < 4.78 is 0. The summed E-state index contributed by atoms with van der Waals surface area (Å²) in [5.74, 6) is -1.04. The first kappa shape index (κ1) is 24.1. The molecule has 1 aromatic heterocycles. The number of hydrogen-bond acceptors (Lipinski definition) is 8. The van der Waals surface area contributed by atoms with Gasteiger partial charge in [0.1, 0.15) is 11.7 Å². The van der Waals surface area contributed by atoms with E-state index in [1.54, 1.807) is 12.3 Å². The Morgan fingerprint density at radius 3 is 2.53 bits per heavy atom. The van der Waals surface area contributed by atoms with Crippen LogP contribution in [0.5, 0.6) is 0 Å². The minimum Gasteiger partial charge on any atom is -0.369 e. The number of piperazine rings is 1. The molecule has 1 aromatic rings. The van der Waals surface area contributed by atoms with Crippen LogP contribution in [0.15, 0.2) is 18.3 Å². The highest BCUT2D eigenvalue weighted by Gasteiger charge is 2.29. The van der Waals surface area contributed by atoms with E-state index in [0.717, 1.165) is 64.3 Å². The first-order valence-corrected chi connectivity index (χ1v) is 12.0. The summed E-state index contributed by atoms with van der Waals surface area (Å²) in [6.45, 7) is 5.49. The molecule has 0 spiro atoms. The number of nitrogens with two attached hydrogens (primary N) is 1. The van der Waals surface area contributed by atoms with Gasteiger partial charge in [0.15, 0.2) is 0 Å². The lowest BCUT2D eigenvalue weighted by atomic mass is 10.1. The van der Waals surface area contributed by atoms with Crippen molar-refractivity contribution in [3.8, 4) is 0 Å². The van der Waals surface area contributed by atoms with Crippen molar-refractivity contribution in [2.45, 2.75) is 44.2 Å². The summed E-state index contributed by atoms with van der Waals surface area (Å²) in [4.78, 5) is 58.9. The first-order chi connectivity index (χ1) is 16.4. The van der Waals surface area contributed by atoms with E-state index in [9.17, 15) is 19.2 Å². The lowest BCUT2D eigenvalue weighted by Crippen LogP contribution is -2.52. The maximum Gasteiger partial charge on any atom is 0.270 e. The van der Waals surface area contributed by atoms with Gasteiger partial charge in [0.05, 0.1) is 0 Å². The Morgan fingerprint density at radius 2 is 1.82 bits per heavy atom.